The molecule has 1 atom stereocenters. The van der Waals surface area contributed by atoms with E-state index in [1.54, 1.807) is 11.8 Å². The van der Waals surface area contributed by atoms with Crippen molar-refractivity contribution >= 4 is 11.8 Å². The van der Waals surface area contributed by atoms with Gasteiger partial charge in [-0.25, -0.2) is 0 Å². The fraction of sp³-hybridized carbons (Fsp3) is 0.818. The highest BCUT2D eigenvalue weighted by Gasteiger charge is 2.23. The summed E-state index contributed by atoms with van der Waals surface area (Å²) in [6, 6.07) is 0.439. The lowest BCUT2D eigenvalue weighted by Crippen LogP contribution is -2.30. The van der Waals surface area contributed by atoms with Gasteiger partial charge < -0.3 is 9.88 Å². The number of aromatic nitrogens is 3. The topological polar surface area (TPSA) is 42.7 Å². The normalized spacial score (nSPS) is 21.6. The van der Waals surface area contributed by atoms with Gasteiger partial charge in [-0.15, -0.1) is 10.2 Å². The van der Waals surface area contributed by atoms with Crippen LogP contribution in [0.5, 0.6) is 0 Å². The molecule has 5 heteroatoms. The van der Waals surface area contributed by atoms with Crippen LogP contribution in [0.25, 0.3) is 0 Å². The Balaban J connectivity index is 2.28. The van der Waals surface area contributed by atoms with Crippen LogP contribution in [0.4, 0.5) is 0 Å². The van der Waals surface area contributed by atoms with Gasteiger partial charge in [0, 0.05) is 18.5 Å². The second kappa shape index (κ2) is 5.19. The van der Waals surface area contributed by atoms with Crippen LogP contribution in [0.15, 0.2) is 5.16 Å². The van der Waals surface area contributed by atoms with Crippen LogP contribution in [0, 0.1) is 0 Å². The fourth-order valence-electron chi connectivity index (χ4n) is 2.26. The second-order valence-corrected chi connectivity index (χ2v) is 5.33. The van der Waals surface area contributed by atoms with Crippen LogP contribution in [0.1, 0.15) is 44.5 Å². The van der Waals surface area contributed by atoms with Crippen molar-refractivity contribution in [3.63, 3.8) is 0 Å². The summed E-state index contributed by atoms with van der Waals surface area (Å²) >= 11 is 1.68. The molecule has 0 aromatic carbocycles. The molecule has 1 aliphatic heterocycles. The summed E-state index contributed by atoms with van der Waals surface area (Å²) in [5, 5.41) is 13.1. The maximum absolute atomic E-state index is 4.38. The van der Waals surface area contributed by atoms with E-state index in [1.807, 2.05) is 0 Å². The molecule has 1 aromatic heterocycles. The Kier molecular flexibility index (Phi) is 3.86. The SMILES string of the molecule is CSc1nnc(C2CCCNC2)n1C(C)C. The molecule has 0 amide bonds. The van der Waals surface area contributed by atoms with E-state index in [9.17, 15) is 0 Å². The van der Waals surface area contributed by atoms with Gasteiger partial charge in [-0.2, -0.15) is 0 Å². The zero-order valence-corrected chi connectivity index (χ0v) is 11.0. The second-order valence-electron chi connectivity index (χ2n) is 4.55. The lowest BCUT2D eigenvalue weighted by atomic mass is 9.98. The Labute approximate surface area is 101 Å². The average Bonchev–Trinajstić information content (AvgIpc) is 2.73. The number of hydrogen-bond donors (Lipinski definition) is 1. The van der Waals surface area contributed by atoms with Crippen molar-refractivity contribution < 1.29 is 0 Å². The predicted molar refractivity (Wildman–Crippen MR) is 67.0 cm³/mol. The van der Waals surface area contributed by atoms with Gasteiger partial charge in [0.05, 0.1) is 0 Å². The van der Waals surface area contributed by atoms with Crippen molar-refractivity contribution in [2.45, 2.75) is 43.8 Å². The van der Waals surface area contributed by atoms with Crippen molar-refractivity contribution in [3.05, 3.63) is 5.82 Å². The first-order chi connectivity index (χ1) is 7.74. The molecular formula is C11H20N4S. The molecule has 1 aromatic rings. The first-order valence-corrected chi connectivity index (χ1v) is 7.16. The van der Waals surface area contributed by atoms with Crippen molar-refractivity contribution in [3.8, 4) is 0 Å². The van der Waals surface area contributed by atoms with E-state index in [1.165, 1.54) is 12.8 Å². The van der Waals surface area contributed by atoms with Crippen LogP contribution < -0.4 is 5.32 Å². The summed E-state index contributed by atoms with van der Waals surface area (Å²) in [6.07, 6.45) is 4.53. The molecule has 0 aliphatic carbocycles. The minimum absolute atomic E-state index is 0.439. The summed E-state index contributed by atoms with van der Waals surface area (Å²) in [4.78, 5) is 0. The van der Waals surface area contributed by atoms with Gasteiger partial charge in [0.15, 0.2) is 5.16 Å². The Hall–Kier alpha value is -0.550. The molecule has 16 heavy (non-hydrogen) atoms. The summed E-state index contributed by atoms with van der Waals surface area (Å²) in [7, 11) is 0. The van der Waals surface area contributed by atoms with E-state index >= 15 is 0 Å². The maximum Gasteiger partial charge on any atom is 0.191 e. The van der Waals surface area contributed by atoms with Crippen molar-refractivity contribution in [2.75, 3.05) is 19.3 Å². The number of piperidine rings is 1. The molecule has 0 bridgehead atoms. The van der Waals surface area contributed by atoms with Crippen LogP contribution in [0.2, 0.25) is 0 Å². The third kappa shape index (κ3) is 2.25. The van der Waals surface area contributed by atoms with E-state index in [0.717, 1.165) is 24.1 Å². The highest BCUT2D eigenvalue weighted by atomic mass is 32.2. The Bertz CT molecular complexity index is 342. The number of hydrogen-bond acceptors (Lipinski definition) is 4. The van der Waals surface area contributed by atoms with Gasteiger partial charge in [0.1, 0.15) is 5.82 Å². The summed E-state index contributed by atoms with van der Waals surface area (Å²) in [5.74, 6) is 1.69. The van der Waals surface area contributed by atoms with Gasteiger partial charge >= 0.3 is 0 Å². The molecule has 2 rings (SSSR count). The fourth-order valence-corrected chi connectivity index (χ4v) is 2.89. The lowest BCUT2D eigenvalue weighted by molar-refractivity contribution is 0.414. The highest BCUT2D eigenvalue weighted by molar-refractivity contribution is 7.98. The maximum atomic E-state index is 4.38. The lowest BCUT2D eigenvalue weighted by Gasteiger charge is -2.24. The standard InChI is InChI=1S/C11H20N4S/c1-8(2)15-10(13-14-11(15)16-3)9-5-4-6-12-7-9/h8-9,12H,4-7H2,1-3H3. The third-order valence-electron chi connectivity index (χ3n) is 3.05. The zero-order chi connectivity index (χ0) is 11.5. The Morgan fingerprint density at radius 2 is 2.25 bits per heavy atom. The van der Waals surface area contributed by atoms with Crippen molar-refractivity contribution in [2.24, 2.45) is 0 Å². The Morgan fingerprint density at radius 1 is 1.44 bits per heavy atom. The van der Waals surface area contributed by atoms with Crippen LogP contribution in [0.3, 0.4) is 0 Å². The van der Waals surface area contributed by atoms with Crippen LogP contribution in [-0.4, -0.2) is 34.1 Å². The molecule has 1 fully saturated rings. The molecule has 1 N–H and O–H groups in total. The summed E-state index contributed by atoms with van der Waals surface area (Å²) in [5.41, 5.74) is 0. The van der Waals surface area contributed by atoms with E-state index in [2.05, 4.69) is 40.2 Å². The molecule has 1 saturated heterocycles. The smallest absolute Gasteiger partial charge is 0.191 e. The van der Waals surface area contributed by atoms with Crippen LogP contribution >= 0.6 is 11.8 Å². The van der Waals surface area contributed by atoms with Gasteiger partial charge in [-0.05, 0) is 39.5 Å². The Morgan fingerprint density at radius 3 is 2.81 bits per heavy atom. The molecule has 90 valence electrons. The van der Waals surface area contributed by atoms with Gasteiger partial charge in [0.25, 0.3) is 0 Å². The molecule has 4 nitrogen and oxygen atoms in total. The molecule has 1 unspecified atom stereocenters. The van der Waals surface area contributed by atoms with Crippen molar-refractivity contribution in [1.82, 2.24) is 20.1 Å². The molecule has 0 radical (unpaired) electrons. The highest BCUT2D eigenvalue weighted by Crippen LogP contribution is 2.27. The van der Waals surface area contributed by atoms with Crippen molar-refractivity contribution in [1.29, 1.82) is 0 Å². The summed E-state index contributed by atoms with van der Waals surface area (Å²) < 4.78 is 2.28. The largest absolute Gasteiger partial charge is 0.316 e. The minimum Gasteiger partial charge on any atom is -0.316 e. The molecule has 0 spiro atoms. The average molecular weight is 240 g/mol. The molecule has 1 aliphatic rings. The monoisotopic (exact) mass is 240 g/mol. The molecular weight excluding hydrogens is 220 g/mol. The predicted octanol–water partition coefficient (Wildman–Crippen LogP) is 2.05. The quantitative estimate of drug-likeness (QED) is 0.821. The molecule has 0 saturated carbocycles. The van der Waals surface area contributed by atoms with Gasteiger partial charge in [-0.1, -0.05) is 11.8 Å². The third-order valence-corrected chi connectivity index (χ3v) is 3.70. The van der Waals surface area contributed by atoms with E-state index in [0.29, 0.717) is 12.0 Å². The summed E-state index contributed by atoms with van der Waals surface area (Å²) in [6.45, 7) is 6.58. The zero-order valence-electron chi connectivity index (χ0n) is 10.2. The van der Waals surface area contributed by atoms with E-state index < -0.39 is 0 Å². The van der Waals surface area contributed by atoms with Crippen LogP contribution in [-0.2, 0) is 0 Å². The molecule has 2 heterocycles. The number of nitrogens with one attached hydrogen (secondary N) is 1. The van der Waals surface area contributed by atoms with Gasteiger partial charge in [0.2, 0.25) is 0 Å². The first-order valence-electron chi connectivity index (χ1n) is 5.93. The first kappa shape index (κ1) is 11.9. The number of nitrogens with zero attached hydrogens (tertiary/aromatic N) is 3. The van der Waals surface area contributed by atoms with E-state index in [-0.39, 0.29) is 0 Å². The number of thioether (sulfide) groups is 1. The van der Waals surface area contributed by atoms with Gasteiger partial charge in [-0.3, -0.25) is 0 Å². The van der Waals surface area contributed by atoms with E-state index in [4.69, 9.17) is 0 Å². The number of rotatable bonds is 3. The minimum atomic E-state index is 0.439.